The Morgan fingerprint density at radius 3 is 2.81 bits per heavy atom. The Hall–Kier alpha value is -0.590. The molecule has 0 aromatic carbocycles. The maximum absolute atomic E-state index is 9.39. The summed E-state index contributed by atoms with van der Waals surface area (Å²) >= 11 is 0. The second-order valence-electron chi connectivity index (χ2n) is 5.29. The highest BCUT2D eigenvalue weighted by atomic mass is 15.1. The second kappa shape index (κ2) is 6.22. The Bertz CT molecular complexity index is 244. The van der Waals surface area contributed by atoms with Crippen LogP contribution in [0.5, 0.6) is 0 Å². The first-order valence-corrected chi connectivity index (χ1v) is 6.43. The van der Waals surface area contributed by atoms with Crippen molar-refractivity contribution in [2.24, 2.45) is 5.92 Å². The third-order valence-electron chi connectivity index (χ3n) is 3.67. The van der Waals surface area contributed by atoms with Crippen LogP contribution in [0.25, 0.3) is 0 Å². The Kier molecular flexibility index (Phi) is 5.24. The molecule has 1 rings (SSSR count). The molecule has 0 radical (unpaired) electrons. The maximum Gasteiger partial charge on any atom is 0.107 e. The Balaban J connectivity index is 2.46. The number of nitrogens with one attached hydrogen (secondary N) is 1. The Labute approximate surface area is 99.8 Å². The van der Waals surface area contributed by atoms with Crippen LogP contribution in [0.3, 0.4) is 0 Å². The first-order chi connectivity index (χ1) is 7.62. The molecule has 2 unspecified atom stereocenters. The van der Waals surface area contributed by atoms with Crippen molar-refractivity contribution in [3.63, 3.8) is 0 Å². The number of hydrogen-bond donors (Lipinski definition) is 1. The lowest BCUT2D eigenvalue weighted by atomic mass is 9.75. The normalized spacial score (nSPS) is 30.3. The molecular formula is C13H25N3. The molecule has 0 saturated heterocycles. The quantitative estimate of drug-likeness (QED) is 0.775. The van der Waals surface area contributed by atoms with E-state index >= 15 is 0 Å². The van der Waals surface area contributed by atoms with E-state index in [2.05, 4.69) is 37.3 Å². The van der Waals surface area contributed by atoms with E-state index < -0.39 is 0 Å². The summed E-state index contributed by atoms with van der Waals surface area (Å²) < 4.78 is 0. The standard InChI is InChI=1S/C13H25N3/c1-4-12-6-5-7-13(10-12,11-14)15-8-9-16(2)3/h12,15H,4-10H2,1-3H3. The molecule has 2 atom stereocenters. The van der Waals surface area contributed by atoms with Gasteiger partial charge in [-0.1, -0.05) is 26.2 Å². The molecule has 0 aromatic heterocycles. The van der Waals surface area contributed by atoms with Gasteiger partial charge in [0.1, 0.15) is 5.54 Å². The molecular weight excluding hydrogens is 198 g/mol. The molecule has 92 valence electrons. The van der Waals surface area contributed by atoms with Gasteiger partial charge in [-0.2, -0.15) is 5.26 Å². The van der Waals surface area contributed by atoms with Crippen molar-refractivity contribution >= 4 is 0 Å². The predicted molar refractivity (Wildman–Crippen MR) is 67.1 cm³/mol. The fraction of sp³-hybridized carbons (Fsp3) is 0.923. The van der Waals surface area contributed by atoms with E-state index in [1.807, 2.05) is 0 Å². The van der Waals surface area contributed by atoms with Crippen LogP contribution in [0.15, 0.2) is 0 Å². The summed E-state index contributed by atoms with van der Waals surface area (Å²) in [7, 11) is 4.13. The number of hydrogen-bond acceptors (Lipinski definition) is 3. The minimum absolute atomic E-state index is 0.241. The SMILES string of the molecule is CCC1CCCC(C#N)(NCCN(C)C)C1. The predicted octanol–water partition coefficient (Wildman–Crippen LogP) is 2.00. The van der Waals surface area contributed by atoms with Gasteiger partial charge in [0, 0.05) is 13.1 Å². The molecule has 0 heterocycles. The van der Waals surface area contributed by atoms with Crippen LogP contribution in [-0.2, 0) is 0 Å². The van der Waals surface area contributed by atoms with Gasteiger partial charge in [-0.15, -0.1) is 0 Å². The third kappa shape index (κ3) is 3.77. The van der Waals surface area contributed by atoms with E-state index in [0.29, 0.717) is 0 Å². The van der Waals surface area contributed by atoms with Gasteiger partial charge >= 0.3 is 0 Å². The lowest BCUT2D eigenvalue weighted by Gasteiger charge is -2.36. The molecule has 16 heavy (non-hydrogen) atoms. The second-order valence-corrected chi connectivity index (χ2v) is 5.29. The maximum atomic E-state index is 9.39. The summed E-state index contributed by atoms with van der Waals surface area (Å²) in [5.74, 6) is 0.736. The van der Waals surface area contributed by atoms with Gasteiger partial charge in [0.2, 0.25) is 0 Å². The zero-order chi connectivity index (χ0) is 12.0. The lowest BCUT2D eigenvalue weighted by molar-refractivity contribution is 0.219. The Morgan fingerprint density at radius 1 is 1.50 bits per heavy atom. The van der Waals surface area contributed by atoms with Crippen LogP contribution in [0.2, 0.25) is 0 Å². The van der Waals surface area contributed by atoms with Crippen LogP contribution in [0.1, 0.15) is 39.0 Å². The van der Waals surface area contributed by atoms with Crippen molar-refractivity contribution in [1.29, 1.82) is 5.26 Å². The summed E-state index contributed by atoms with van der Waals surface area (Å²) in [4.78, 5) is 2.15. The van der Waals surface area contributed by atoms with Crippen LogP contribution in [0.4, 0.5) is 0 Å². The summed E-state index contributed by atoms with van der Waals surface area (Å²) in [6.45, 7) is 4.15. The van der Waals surface area contributed by atoms with E-state index in [-0.39, 0.29) is 5.54 Å². The molecule has 1 aliphatic rings. The van der Waals surface area contributed by atoms with Crippen molar-refractivity contribution in [1.82, 2.24) is 10.2 Å². The highest BCUT2D eigenvalue weighted by Gasteiger charge is 2.35. The zero-order valence-electron chi connectivity index (χ0n) is 10.9. The molecule has 1 aliphatic carbocycles. The smallest absolute Gasteiger partial charge is 0.107 e. The topological polar surface area (TPSA) is 39.1 Å². The van der Waals surface area contributed by atoms with Gasteiger partial charge in [-0.25, -0.2) is 0 Å². The fourth-order valence-electron chi connectivity index (χ4n) is 2.56. The van der Waals surface area contributed by atoms with Crippen molar-refractivity contribution < 1.29 is 0 Å². The molecule has 0 spiro atoms. The van der Waals surface area contributed by atoms with Gasteiger partial charge in [-0.05, 0) is 32.9 Å². The van der Waals surface area contributed by atoms with Crippen LogP contribution in [0, 0.1) is 17.2 Å². The average molecular weight is 223 g/mol. The van der Waals surface area contributed by atoms with Gasteiger partial charge in [0.15, 0.2) is 0 Å². The van der Waals surface area contributed by atoms with Gasteiger partial charge < -0.3 is 4.90 Å². The molecule has 1 fully saturated rings. The number of nitrogens with zero attached hydrogens (tertiary/aromatic N) is 2. The molecule has 3 nitrogen and oxygen atoms in total. The summed E-state index contributed by atoms with van der Waals surface area (Å²) in [6, 6.07) is 2.53. The van der Waals surface area contributed by atoms with Crippen molar-refractivity contribution in [3.8, 4) is 6.07 Å². The molecule has 0 bridgehead atoms. The highest BCUT2D eigenvalue weighted by Crippen LogP contribution is 2.33. The summed E-state index contributed by atoms with van der Waals surface area (Å²) in [6.07, 6.45) is 5.76. The van der Waals surface area contributed by atoms with E-state index in [4.69, 9.17) is 0 Å². The van der Waals surface area contributed by atoms with Crippen molar-refractivity contribution in [2.45, 2.75) is 44.6 Å². The molecule has 3 heteroatoms. The molecule has 0 aromatic rings. The Morgan fingerprint density at radius 2 is 2.25 bits per heavy atom. The average Bonchev–Trinajstić information content (AvgIpc) is 2.29. The van der Waals surface area contributed by atoms with E-state index in [0.717, 1.165) is 31.8 Å². The summed E-state index contributed by atoms with van der Waals surface area (Å²) in [5.41, 5.74) is -0.241. The summed E-state index contributed by atoms with van der Waals surface area (Å²) in [5, 5.41) is 12.9. The van der Waals surface area contributed by atoms with Gasteiger partial charge in [-0.3, -0.25) is 5.32 Å². The van der Waals surface area contributed by atoms with Crippen LogP contribution >= 0.6 is 0 Å². The zero-order valence-corrected chi connectivity index (χ0v) is 10.9. The van der Waals surface area contributed by atoms with Crippen molar-refractivity contribution in [2.75, 3.05) is 27.2 Å². The van der Waals surface area contributed by atoms with Crippen molar-refractivity contribution in [3.05, 3.63) is 0 Å². The molecule has 0 amide bonds. The number of likely N-dealkylation sites (N-methyl/N-ethyl adjacent to an activating group) is 1. The van der Waals surface area contributed by atoms with Crippen LogP contribution < -0.4 is 5.32 Å². The lowest BCUT2D eigenvalue weighted by Crippen LogP contribution is -2.49. The van der Waals surface area contributed by atoms with Gasteiger partial charge in [0.25, 0.3) is 0 Å². The van der Waals surface area contributed by atoms with Gasteiger partial charge in [0.05, 0.1) is 6.07 Å². The van der Waals surface area contributed by atoms with E-state index in [9.17, 15) is 5.26 Å². The number of nitriles is 1. The molecule has 1 N–H and O–H groups in total. The minimum atomic E-state index is -0.241. The molecule has 1 saturated carbocycles. The third-order valence-corrected chi connectivity index (χ3v) is 3.67. The largest absolute Gasteiger partial charge is 0.308 e. The van der Waals surface area contributed by atoms with E-state index in [1.165, 1.54) is 19.3 Å². The minimum Gasteiger partial charge on any atom is -0.308 e. The first kappa shape index (κ1) is 13.5. The monoisotopic (exact) mass is 223 g/mol. The van der Waals surface area contributed by atoms with E-state index in [1.54, 1.807) is 0 Å². The fourth-order valence-corrected chi connectivity index (χ4v) is 2.56. The highest BCUT2D eigenvalue weighted by molar-refractivity contribution is 5.09. The molecule has 0 aliphatic heterocycles. The number of rotatable bonds is 5. The first-order valence-electron chi connectivity index (χ1n) is 6.43. The van der Waals surface area contributed by atoms with Crippen LogP contribution in [-0.4, -0.2) is 37.6 Å².